The van der Waals surface area contributed by atoms with Crippen LogP contribution in [0.2, 0.25) is 0 Å². The summed E-state index contributed by atoms with van der Waals surface area (Å²) in [5.41, 5.74) is 3.73. The van der Waals surface area contributed by atoms with Gasteiger partial charge in [0.15, 0.2) is 0 Å². The molecule has 12 heteroatoms. The lowest BCUT2D eigenvalue weighted by Crippen LogP contribution is -2.60. The van der Waals surface area contributed by atoms with Crippen LogP contribution in [0.5, 0.6) is 5.88 Å². The lowest BCUT2D eigenvalue weighted by atomic mass is 9.59. The summed E-state index contributed by atoms with van der Waals surface area (Å²) < 4.78 is 41.6. The molecule has 6 rings (SSSR count). The highest BCUT2D eigenvalue weighted by molar-refractivity contribution is 7.92. The Balaban J connectivity index is 1.36. The fraction of sp³-hybridized carbons (Fsp3) is 0.514. The number of nitrogens with zero attached hydrogens (tertiary/aromatic N) is 4. The number of methoxy groups -OCH3 is 1. The van der Waals surface area contributed by atoms with E-state index >= 15 is 0 Å². The summed E-state index contributed by atoms with van der Waals surface area (Å²) >= 11 is 0. The Labute approximate surface area is 289 Å². The van der Waals surface area contributed by atoms with Gasteiger partial charge < -0.3 is 19.3 Å². The van der Waals surface area contributed by atoms with Crippen LogP contribution >= 0.6 is 0 Å². The van der Waals surface area contributed by atoms with Gasteiger partial charge in [-0.05, 0) is 93.5 Å². The molecule has 2 amide bonds. The first-order valence-electron chi connectivity index (χ1n) is 17.1. The minimum absolute atomic E-state index is 0.00878. The maximum atomic E-state index is 14.5. The molecule has 1 saturated heterocycles. The summed E-state index contributed by atoms with van der Waals surface area (Å²) in [4.78, 5) is 40.2. The van der Waals surface area contributed by atoms with Gasteiger partial charge >= 0.3 is 0 Å². The maximum absolute atomic E-state index is 14.5. The van der Waals surface area contributed by atoms with Crippen molar-refractivity contribution < 1.29 is 27.5 Å². The van der Waals surface area contributed by atoms with E-state index < -0.39 is 16.1 Å². The first-order chi connectivity index (χ1) is 23.3. The van der Waals surface area contributed by atoms with Gasteiger partial charge in [0.05, 0.1) is 16.6 Å². The van der Waals surface area contributed by atoms with Crippen LogP contribution < -0.4 is 9.46 Å². The summed E-state index contributed by atoms with van der Waals surface area (Å²) in [5, 5.41) is 0. The number of likely N-dealkylation sites (tertiary alicyclic amines) is 1. The summed E-state index contributed by atoms with van der Waals surface area (Å²) in [6.45, 7) is 11.5. The van der Waals surface area contributed by atoms with Gasteiger partial charge in [0.25, 0.3) is 21.8 Å². The second-order valence-electron chi connectivity index (χ2n) is 14.4. The third-order valence-electron chi connectivity index (χ3n) is 10.4. The topological polar surface area (TPSA) is 131 Å². The number of carbonyl (C=O) groups excluding carboxylic acids is 2. The lowest BCUT2D eigenvalue weighted by molar-refractivity contribution is -0.145. The maximum Gasteiger partial charge on any atom is 0.264 e. The van der Waals surface area contributed by atoms with E-state index in [2.05, 4.69) is 28.5 Å². The predicted molar refractivity (Wildman–Crippen MR) is 187 cm³/mol. The number of rotatable bonds is 6. The van der Waals surface area contributed by atoms with Crippen molar-refractivity contribution in [1.29, 1.82) is 0 Å². The fourth-order valence-corrected chi connectivity index (χ4v) is 8.73. The molecule has 1 N–H and O–H groups in total. The fourth-order valence-electron chi connectivity index (χ4n) is 7.74. The van der Waals surface area contributed by atoms with Crippen molar-refractivity contribution in [3.8, 4) is 17.1 Å². The van der Waals surface area contributed by atoms with E-state index in [1.807, 2.05) is 41.8 Å². The molecule has 3 aliphatic rings. The molecule has 0 radical (unpaired) electrons. The van der Waals surface area contributed by atoms with E-state index in [9.17, 15) is 18.0 Å². The summed E-state index contributed by atoms with van der Waals surface area (Å²) in [6, 6.07) is 13.5. The number of piperidine rings is 1. The Morgan fingerprint density at radius 3 is 2.37 bits per heavy atom. The van der Waals surface area contributed by atoms with Crippen LogP contribution in [0, 0.1) is 25.2 Å². The second kappa shape index (κ2) is 13.7. The second-order valence-corrected chi connectivity index (χ2v) is 16.1. The molecule has 1 saturated carbocycles. The molecular formula is C37H47N5O6S. The van der Waals surface area contributed by atoms with Crippen LogP contribution in [0.15, 0.2) is 53.4 Å². The number of hydrogen-bond acceptors (Lipinski definition) is 8. The Morgan fingerprint density at radius 1 is 1.04 bits per heavy atom. The third kappa shape index (κ3) is 7.17. The monoisotopic (exact) mass is 689 g/mol. The smallest absolute Gasteiger partial charge is 0.264 e. The van der Waals surface area contributed by atoms with Crippen LogP contribution in [0.4, 0.5) is 5.95 Å². The first kappa shape index (κ1) is 34.8. The predicted octanol–water partition coefficient (Wildman–Crippen LogP) is 5.62. The highest BCUT2D eigenvalue weighted by atomic mass is 32.2. The van der Waals surface area contributed by atoms with E-state index in [0.717, 1.165) is 42.4 Å². The van der Waals surface area contributed by atoms with Crippen molar-refractivity contribution in [2.24, 2.45) is 11.3 Å². The van der Waals surface area contributed by atoms with Gasteiger partial charge in [-0.1, -0.05) is 38.1 Å². The van der Waals surface area contributed by atoms with Crippen LogP contribution in [0.3, 0.4) is 0 Å². The van der Waals surface area contributed by atoms with Crippen molar-refractivity contribution >= 4 is 27.8 Å². The molecule has 2 atom stereocenters. The number of fused-ring (bicyclic) bond motifs is 4. The normalized spacial score (nSPS) is 21.1. The zero-order valence-electron chi connectivity index (χ0n) is 29.2. The van der Waals surface area contributed by atoms with Crippen LogP contribution in [-0.2, 0) is 19.6 Å². The van der Waals surface area contributed by atoms with Crippen molar-refractivity contribution in [1.82, 2.24) is 19.8 Å². The zero-order chi connectivity index (χ0) is 35.1. The number of nitrogens with one attached hydrogen (secondary N) is 1. The molecule has 262 valence electrons. The average Bonchev–Trinajstić information content (AvgIpc) is 3.05. The molecule has 11 nitrogen and oxygen atoms in total. The van der Waals surface area contributed by atoms with Gasteiger partial charge in [-0.15, -0.1) is 0 Å². The number of aryl methyl sites for hydroxylation is 2. The van der Waals surface area contributed by atoms with Crippen molar-refractivity contribution in [3.05, 3.63) is 65.2 Å². The number of ether oxygens (including phenoxy) is 2. The summed E-state index contributed by atoms with van der Waals surface area (Å²) in [7, 11) is -2.60. The Bertz CT molecular complexity index is 1810. The first-order valence-corrected chi connectivity index (χ1v) is 18.6. The molecule has 1 aromatic heterocycles. The molecule has 2 aliphatic heterocycles. The molecule has 0 unspecified atom stereocenters. The van der Waals surface area contributed by atoms with Crippen LogP contribution in [-0.4, -0.2) is 85.0 Å². The number of sulfonamides is 1. The molecule has 1 aliphatic carbocycles. The van der Waals surface area contributed by atoms with Gasteiger partial charge in [0, 0.05) is 43.4 Å². The van der Waals surface area contributed by atoms with Crippen molar-refractivity contribution in [2.45, 2.75) is 89.8 Å². The van der Waals surface area contributed by atoms with Crippen LogP contribution in [0.1, 0.15) is 74.4 Å². The highest BCUT2D eigenvalue weighted by Gasteiger charge is 2.51. The standard InChI is InChI=1S/C37H47N5O6S/c1-23(2)17-28-22-48-32-19-31(33-24(3)9-7-10-25(33)4)38-36(39-32)40-49(45,46)30-12-8-11-27(18-30)35(44)42(28)29-20-37(21-29)13-15-41(16-14-37)34(43)26(5)47-6/h7-12,18-19,23,26,28-29H,13-17,20-22H2,1-6H3,(H,38,39,40)/t26-,28+/m0/s1. The number of amides is 2. The van der Waals surface area contributed by atoms with Gasteiger partial charge in [-0.2, -0.15) is 4.98 Å². The minimum atomic E-state index is -4.15. The molecular weight excluding hydrogens is 643 g/mol. The number of hydrogen-bond donors (Lipinski definition) is 1. The average molecular weight is 690 g/mol. The molecule has 3 heterocycles. The Hall–Kier alpha value is -4.03. The van der Waals surface area contributed by atoms with Crippen LogP contribution in [0.25, 0.3) is 11.3 Å². The molecule has 2 aromatic carbocycles. The zero-order valence-corrected chi connectivity index (χ0v) is 30.0. The van der Waals surface area contributed by atoms with E-state index in [-0.39, 0.29) is 58.6 Å². The summed E-state index contributed by atoms with van der Waals surface area (Å²) in [5.74, 6) is 0.166. The molecule has 3 aromatic rings. The largest absolute Gasteiger partial charge is 0.475 e. The number of anilines is 1. The molecule has 49 heavy (non-hydrogen) atoms. The van der Waals surface area contributed by atoms with Gasteiger partial charge in [0.1, 0.15) is 12.7 Å². The highest BCUT2D eigenvalue weighted by Crippen LogP contribution is 2.52. The van der Waals surface area contributed by atoms with E-state index in [0.29, 0.717) is 30.8 Å². The number of benzene rings is 2. The quantitative estimate of drug-likeness (QED) is 0.353. The van der Waals surface area contributed by atoms with Gasteiger partial charge in [0.2, 0.25) is 11.8 Å². The van der Waals surface area contributed by atoms with E-state index in [4.69, 9.17) is 9.47 Å². The number of aromatic nitrogens is 2. The Morgan fingerprint density at radius 2 is 1.71 bits per heavy atom. The Kier molecular flexibility index (Phi) is 9.74. The van der Waals surface area contributed by atoms with Crippen molar-refractivity contribution in [3.63, 3.8) is 0 Å². The molecule has 2 fully saturated rings. The minimum Gasteiger partial charge on any atom is -0.475 e. The van der Waals surface area contributed by atoms with Gasteiger partial charge in [-0.3, -0.25) is 9.59 Å². The SMILES string of the molecule is CO[C@@H](C)C(=O)N1CCC2(CC1)CC(N1C(=O)c3cccc(c3)S(=O)(=O)Nc3nc(cc(-c4c(C)cccc4C)n3)OC[C@H]1CC(C)C)C2. The lowest BCUT2D eigenvalue weighted by Gasteiger charge is -2.56. The van der Waals surface area contributed by atoms with E-state index in [1.165, 1.54) is 12.1 Å². The molecule has 1 spiro atoms. The molecule has 4 bridgehead atoms. The van der Waals surface area contributed by atoms with Crippen molar-refractivity contribution in [2.75, 3.05) is 31.5 Å². The van der Waals surface area contributed by atoms with E-state index in [1.54, 1.807) is 32.2 Å². The van der Waals surface area contributed by atoms with Gasteiger partial charge in [-0.25, -0.2) is 18.1 Å². The number of carbonyl (C=O) groups is 2. The summed E-state index contributed by atoms with van der Waals surface area (Å²) in [6.07, 6.45) is 3.56. The third-order valence-corrected chi connectivity index (χ3v) is 11.7.